The maximum atomic E-state index is 9.13. The third-order valence-corrected chi connectivity index (χ3v) is 2.88. The SMILES string of the molecule is Cc1cc(C)c(C(=N)N)c(Oc2cccc(CO)c2)n1. The van der Waals surface area contributed by atoms with E-state index in [2.05, 4.69) is 4.98 Å². The summed E-state index contributed by atoms with van der Waals surface area (Å²) < 4.78 is 5.73. The van der Waals surface area contributed by atoms with Crippen molar-refractivity contribution >= 4 is 5.84 Å². The second-order valence-corrected chi connectivity index (χ2v) is 4.58. The van der Waals surface area contributed by atoms with Crippen LogP contribution in [-0.2, 0) is 6.61 Å². The molecule has 2 rings (SSSR count). The monoisotopic (exact) mass is 271 g/mol. The zero-order valence-electron chi connectivity index (χ0n) is 11.5. The Labute approximate surface area is 117 Å². The molecule has 1 heterocycles. The minimum atomic E-state index is -0.0803. The molecule has 0 atom stereocenters. The highest BCUT2D eigenvalue weighted by molar-refractivity contribution is 5.98. The number of aliphatic hydroxyl groups is 1. The van der Waals surface area contributed by atoms with E-state index in [1.54, 1.807) is 24.3 Å². The Balaban J connectivity index is 2.44. The van der Waals surface area contributed by atoms with Crippen LogP contribution in [0.4, 0.5) is 0 Å². The van der Waals surface area contributed by atoms with Crippen molar-refractivity contribution in [3.8, 4) is 11.6 Å². The van der Waals surface area contributed by atoms with E-state index >= 15 is 0 Å². The summed E-state index contributed by atoms with van der Waals surface area (Å²) in [5.74, 6) is 0.782. The van der Waals surface area contributed by atoms with Crippen molar-refractivity contribution in [1.82, 2.24) is 4.98 Å². The molecule has 0 fully saturated rings. The van der Waals surface area contributed by atoms with Crippen molar-refractivity contribution in [3.63, 3.8) is 0 Å². The number of hydrogen-bond donors (Lipinski definition) is 3. The Bertz CT molecular complexity index is 654. The van der Waals surface area contributed by atoms with Crippen LogP contribution in [0.3, 0.4) is 0 Å². The molecule has 4 N–H and O–H groups in total. The number of nitrogens with zero attached hydrogens (tertiary/aromatic N) is 1. The van der Waals surface area contributed by atoms with Gasteiger partial charge in [-0.05, 0) is 43.2 Å². The van der Waals surface area contributed by atoms with E-state index in [9.17, 15) is 0 Å². The lowest BCUT2D eigenvalue weighted by Gasteiger charge is -2.13. The highest BCUT2D eigenvalue weighted by Crippen LogP contribution is 2.26. The van der Waals surface area contributed by atoms with Gasteiger partial charge in [-0.2, -0.15) is 0 Å². The molecular formula is C15H17N3O2. The molecule has 0 saturated heterocycles. The Morgan fingerprint density at radius 3 is 2.75 bits per heavy atom. The summed E-state index contributed by atoms with van der Waals surface area (Å²) in [5, 5.41) is 16.8. The van der Waals surface area contributed by atoms with Gasteiger partial charge in [-0.3, -0.25) is 5.41 Å². The molecule has 0 aliphatic heterocycles. The van der Waals surface area contributed by atoms with Gasteiger partial charge in [-0.25, -0.2) is 4.98 Å². The van der Waals surface area contributed by atoms with Crippen molar-refractivity contribution in [2.45, 2.75) is 20.5 Å². The smallest absolute Gasteiger partial charge is 0.230 e. The Morgan fingerprint density at radius 2 is 2.10 bits per heavy atom. The maximum Gasteiger partial charge on any atom is 0.230 e. The van der Waals surface area contributed by atoms with Crippen LogP contribution in [0.25, 0.3) is 0 Å². The third-order valence-electron chi connectivity index (χ3n) is 2.88. The van der Waals surface area contributed by atoms with Gasteiger partial charge in [0.05, 0.1) is 12.2 Å². The van der Waals surface area contributed by atoms with Crippen LogP contribution in [0.15, 0.2) is 30.3 Å². The number of benzene rings is 1. The van der Waals surface area contributed by atoms with Crippen LogP contribution in [0.1, 0.15) is 22.4 Å². The fraction of sp³-hybridized carbons (Fsp3) is 0.200. The van der Waals surface area contributed by atoms with E-state index in [0.717, 1.165) is 16.8 Å². The summed E-state index contributed by atoms with van der Waals surface area (Å²) in [6, 6.07) is 8.93. The second kappa shape index (κ2) is 5.71. The summed E-state index contributed by atoms with van der Waals surface area (Å²) in [5.41, 5.74) is 8.47. The first-order chi connectivity index (χ1) is 9.51. The predicted molar refractivity (Wildman–Crippen MR) is 77.2 cm³/mol. The van der Waals surface area contributed by atoms with Crippen LogP contribution in [0.2, 0.25) is 0 Å². The van der Waals surface area contributed by atoms with Gasteiger partial charge < -0.3 is 15.6 Å². The number of nitrogens with one attached hydrogen (secondary N) is 1. The van der Waals surface area contributed by atoms with Crippen LogP contribution in [0, 0.1) is 19.3 Å². The van der Waals surface area contributed by atoms with Crippen LogP contribution in [0.5, 0.6) is 11.6 Å². The maximum absolute atomic E-state index is 9.13. The highest BCUT2D eigenvalue weighted by Gasteiger charge is 2.14. The van der Waals surface area contributed by atoms with Crippen molar-refractivity contribution in [2.24, 2.45) is 5.73 Å². The molecule has 0 spiro atoms. The van der Waals surface area contributed by atoms with Gasteiger partial charge >= 0.3 is 0 Å². The zero-order valence-corrected chi connectivity index (χ0v) is 11.5. The number of pyridine rings is 1. The average Bonchev–Trinajstić information content (AvgIpc) is 2.37. The molecule has 0 saturated carbocycles. The molecule has 5 nitrogen and oxygen atoms in total. The first kappa shape index (κ1) is 14.0. The molecule has 0 radical (unpaired) electrons. The number of aliphatic hydroxyl groups excluding tert-OH is 1. The first-order valence-corrected chi connectivity index (χ1v) is 6.21. The quantitative estimate of drug-likeness (QED) is 0.587. The minimum Gasteiger partial charge on any atom is -0.438 e. The second-order valence-electron chi connectivity index (χ2n) is 4.58. The summed E-state index contributed by atoms with van der Waals surface area (Å²) in [6.45, 7) is 3.66. The molecular weight excluding hydrogens is 254 g/mol. The van der Waals surface area contributed by atoms with Gasteiger partial charge in [-0.1, -0.05) is 12.1 Å². The van der Waals surface area contributed by atoms with Gasteiger partial charge in [0.25, 0.3) is 0 Å². The Hall–Kier alpha value is -2.40. The van der Waals surface area contributed by atoms with E-state index < -0.39 is 0 Å². The number of amidine groups is 1. The topological polar surface area (TPSA) is 92.2 Å². The summed E-state index contributed by atoms with van der Waals surface area (Å²) in [7, 11) is 0. The number of nitrogen functional groups attached to an aromatic ring is 1. The van der Waals surface area contributed by atoms with Crippen molar-refractivity contribution in [2.75, 3.05) is 0 Å². The van der Waals surface area contributed by atoms with Crippen LogP contribution < -0.4 is 10.5 Å². The summed E-state index contributed by atoms with van der Waals surface area (Å²) in [4.78, 5) is 4.30. The molecule has 0 aliphatic carbocycles. The molecule has 0 amide bonds. The largest absolute Gasteiger partial charge is 0.438 e. The van der Waals surface area contributed by atoms with Crippen molar-refractivity contribution in [1.29, 1.82) is 5.41 Å². The van der Waals surface area contributed by atoms with Gasteiger partial charge in [0, 0.05) is 5.69 Å². The lowest BCUT2D eigenvalue weighted by molar-refractivity contribution is 0.281. The van der Waals surface area contributed by atoms with Gasteiger partial charge in [0.15, 0.2) is 0 Å². The zero-order chi connectivity index (χ0) is 14.7. The molecule has 1 aromatic carbocycles. The normalized spacial score (nSPS) is 10.3. The Kier molecular flexibility index (Phi) is 4.00. The van der Waals surface area contributed by atoms with E-state index in [4.69, 9.17) is 21.0 Å². The predicted octanol–water partition coefficient (Wildman–Crippen LogP) is 2.27. The van der Waals surface area contributed by atoms with E-state index in [-0.39, 0.29) is 12.4 Å². The number of hydrogen-bond acceptors (Lipinski definition) is 4. The van der Waals surface area contributed by atoms with Crippen molar-refractivity contribution < 1.29 is 9.84 Å². The molecule has 1 aromatic heterocycles. The van der Waals surface area contributed by atoms with Gasteiger partial charge in [0.2, 0.25) is 5.88 Å². The standard InChI is InChI=1S/C15H17N3O2/c1-9-6-10(2)18-15(13(9)14(16)17)20-12-5-3-4-11(7-12)8-19/h3-7,19H,8H2,1-2H3,(H3,16,17). The average molecular weight is 271 g/mol. The number of aryl methyl sites for hydroxylation is 2. The lowest BCUT2D eigenvalue weighted by Crippen LogP contribution is -2.15. The molecule has 0 aliphatic rings. The fourth-order valence-corrected chi connectivity index (χ4v) is 2.02. The number of nitrogens with two attached hydrogens (primary N) is 1. The molecule has 0 bridgehead atoms. The number of aromatic nitrogens is 1. The van der Waals surface area contributed by atoms with Crippen LogP contribution in [-0.4, -0.2) is 15.9 Å². The Morgan fingerprint density at radius 1 is 1.35 bits per heavy atom. The minimum absolute atomic E-state index is 0.0585. The molecule has 0 unspecified atom stereocenters. The van der Waals surface area contributed by atoms with Gasteiger partial charge in [0.1, 0.15) is 11.6 Å². The van der Waals surface area contributed by atoms with Crippen molar-refractivity contribution in [3.05, 3.63) is 52.7 Å². The lowest BCUT2D eigenvalue weighted by atomic mass is 10.1. The molecule has 20 heavy (non-hydrogen) atoms. The number of rotatable bonds is 4. The summed E-state index contributed by atoms with van der Waals surface area (Å²) in [6.07, 6.45) is 0. The highest BCUT2D eigenvalue weighted by atomic mass is 16.5. The van der Waals surface area contributed by atoms with E-state index in [1.165, 1.54) is 0 Å². The van der Waals surface area contributed by atoms with Gasteiger partial charge in [-0.15, -0.1) is 0 Å². The van der Waals surface area contributed by atoms with Crippen LogP contribution >= 0.6 is 0 Å². The van der Waals surface area contributed by atoms with E-state index in [0.29, 0.717) is 17.2 Å². The first-order valence-electron chi connectivity index (χ1n) is 6.21. The summed E-state index contributed by atoms with van der Waals surface area (Å²) >= 11 is 0. The fourth-order valence-electron chi connectivity index (χ4n) is 2.02. The molecule has 2 aromatic rings. The molecule has 104 valence electrons. The molecule has 5 heteroatoms. The van der Waals surface area contributed by atoms with E-state index in [1.807, 2.05) is 19.9 Å². The number of ether oxygens (including phenoxy) is 1. The third kappa shape index (κ3) is 2.95.